The van der Waals surface area contributed by atoms with Crippen LogP contribution in [0, 0.1) is 5.92 Å². The van der Waals surface area contributed by atoms with E-state index in [1.807, 2.05) is 18.2 Å². The summed E-state index contributed by atoms with van der Waals surface area (Å²) in [5, 5.41) is 0. The van der Waals surface area contributed by atoms with E-state index in [0.29, 0.717) is 6.42 Å². The van der Waals surface area contributed by atoms with Crippen molar-refractivity contribution < 1.29 is 8.78 Å². The van der Waals surface area contributed by atoms with Gasteiger partial charge in [0, 0.05) is 18.5 Å². The van der Waals surface area contributed by atoms with Gasteiger partial charge in [-0.1, -0.05) is 12.1 Å². The van der Waals surface area contributed by atoms with E-state index in [-0.39, 0.29) is 18.8 Å². The lowest BCUT2D eigenvalue weighted by molar-refractivity contribution is 0.00678. The molecule has 3 rings (SSSR count). The van der Waals surface area contributed by atoms with E-state index >= 15 is 0 Å². The minimum absolute atomic E-state index is 0.0147. The van der Waals surface area contributed by atoms with Crippen LogP contribution in [0.2, 0.25) is 0 Å². The number of allylic oxidation sites excluding steroid dienone is 2. The number of alkyl halides is 2. The molecule has 0 heterocycles. The number of aryl methyl sites for hydroxylation is 1. The van der Waals surface area contributed by atoms with Crippen molar-refractivity contribution in [3.63, 3.8) is 0 Å². The van der Waals surface area contributed by atoms with Gasteiger partial charge in [-0.3, -0.25) is 0 Å². The highest BCUT2D eigenvalue weighted by molar-refractivity contribution is 5.74. The molecule has 2 N–H and O–H groups in total. The van der Waals surface area contributed by atoms with E-state index < -0.39 is 5.92 Å². The molecule has 96 valence electrons. The third-order valence-corrected chi connectivity index (χ3v) is 4.02. The van der Waals surface area contributed by atoms with Crippen LogP contribution in [-0.2, 0) is 6.42 Å². The molecule has 0 amide bonds. The molecular formula is C15H17F2N. The lowest BCUT2D eigenvalue weighted by Crippen LogP contribution is -2.08. The Morgan fingerprint density at radius 1 is 1.28 bits per heavy atom. The Labute approximate surface area is 106 Å². The van der Waals surface area contributed by atoms with Crippen LogP contribution < -0.4 is 5.73 Å². The zero-order valence-electron chi connectivity index (χ0n) is 10.3. The van der Waals surface area contributed by atoms with Crippen molar-refractivity contribution in [2.45, 2.75) is 38.0 Å². The fourth-order valence-corrected chi connectivity index (χ4v) is 3.12. The molecule has 0 aliphatic heterocycles. The minimum Gasteiger partial charge on any atom is -0.399 e. The third-order valence-electron chi connectivity index (χ3n) is 4.02. The van der Waals surface area contributed by atoms with Gasteiger partial charge in [0.2, 0.25) is 5.92 Å². The predicted molar refractivity (Wildman–Crippen MR) is 69.4 cm³/mol. The van der Waals surface area contributed by atoms with Crippen LogP contribution in [0.4, 0.5) is 14.5 Å². The predicted octanol–water partition coefficient (Wildman–Crippen LogP) is 4.03. The van der Waals surface area contributed by atoms with Gasteiger partial charge in [-0.05, 0) is 54.0 Å². The second-order valence-electron chi connectivity index (χ2n) is 5.47. The molecule has 0 saturated heterocycles. The highest BCUT2D eigenvalue weighted by Gasteiger charge is 2.38. The molecule has 3 heteroatoms. The van der Waals surface area contributed by atoms with Crippen LogP contribution in [0.25, 0.3) is 5.57 Å². The highest BCUT2D eigenvalue weighted by atomic mass is 19.3. The van der Waals surface area contributed by atoms with Crippen molar-refractivity contribution >= 4 is 11.3 Å². The van der Waals surface area contributed by atoms with Crippen LogP contribution in [0.3, 0.4) is 0 Å². The monoisotopic (exact) mass is 249 g/mol. The summed E-state index contributed by atoms with van der Waals surface area (Å²) in [4.78, 5) is 0. The Bertz CT molecular complexity index is 505. The first kappa shape index (κ1) is 11.7. The van der Waals surface area contributed by atoms with Crippen LogP contribution >= 0.6 is 0 Å². The fraction of sp³-hybridized carbons (Fsp3) is 0.467. The van der Waals surface area contributed by atoms with Crippen LogP contribution in [0.5, 0.6) is 0 Å². The Hall–Kier alpha value is -1.38. The molecule has 0 bridgehead atoms. The Morgan fingerprint density at radius 2 is 2.11 bits per heavy atom. The first-order valence-electron chi connectivity index (χ1n) is 6.51. The fourth-order valence-electron chi connectivity index (χ4n) is 3.12. The number of halogens is 2. The lowest BCUT2D eigenvalue weighted by atomic mass is 10.00. The molecule has 1 nitrogen and oxygen atoms in total. The molecule has 1 aromatic carbocycles. The van der Waals surface area contributed by atoms with Gasteiger partial charge >= 0.3 is 0 Å². The average Bonchev–Trinajstić information content (AvgIpc) is 2.83. The van der Waals surface area contributed by atoms with E-state index in [9.17, 15) is 8.78 Å². The van der Waals surface area contributed by atoms with Gasteiger partial charge in [0.05, 0.1) is 0 Å². The van der Waals surface area contributed by atoms with Gasteiger partial charge in [-0.25, -0.2) is 8.78 Å². The molecule has 1 saturated carbocycles. The molecule has 0 radical (unpaired) electrons. The zero-order chi connectivity index (χ0) is 12.8. The Kier molecular flexibility index (Phi) is 2.65. The summed E-state index contributed by atoms with van der Waals surface area (Å²) in [6.45, 7) is 0. The van der Waals surface area contributed by atoms with E-state index in [2.05, 4.69) is 6.08 Å². The zero-order valence-corrected chi connectivity index (χ0v) is 10.3. The van der Waals surface area contributed by atoms with E-state index in [4.69, 9.17) is 5.73 Å². The molecular weight excluding hydrogens is 232 g/mol. The highest BCUT2D eigenvalue weighted by Crippen LogP contribution is 2.42. The van der Waals surface area contributed by atoms with Crippen molar-refractivity contribution in [1.82, 2.24) is 0 Å². The SMILES string of the molecule is Nc1ccc2c(c1)CC/C2=C\C1CCC(F)(F)C1. The number of hydrogen-bond acceptors (Lipinski definition) is 1. The van der Waals surface area contributed by atoms with Gasteiger partial charge in [0.15, 0.2) is 0 Å². The van der Waals surface area contributed by atoms with Crippen LogP contribution in [0.1, 0.15) is 36.8 Å². The van der Waals surface area contributed by atoms with E-state index in [1.54, 1.807) is 0 Å². The van der Waals surface area contributed by atoms with Gasteiger partial charge in [-0.2, -0.15) is 0 Å². The van der Waals surface area contributed by atoms with Crippen molar-refractivity contribution in [3.05, 3.63) is 35.4 Å². The lowest BCUT2D eigenvalue weighted by Gasteiger charge is -2.08. The standard InChI is InChI=1S/C15H17F2N/c16-15(17)6-5-10(9-15)7-11-1-2-12-8-13(18)3-4-14(11)12/h3-4,7-8,10H,1-2,5-6,9,18H2/b11-7+. The van der Waals surface area contributed by atoms with Gasteiger partial charge < -0.3 is 5.73 Å². The summed E-state index contributed by atoms with van der Waals surface area (Å²) in [7, 11) is 0. The minimum atomic E-state index is -2.45. The quantitative estimate of drug-likeness (QED) is 0.747. The van der Waals surface area contributed by atoms with Gasteiger partial charge in [0.1, 0.15) is 0 Å². The topological polar surface area (TPSA) is 26.0 Å². The second kappa shape index (κ2) is 4.08. The molecule has 1 fully saturated rings. The van der Waals surface area contributed by atoms with Crippen molar-refractivity contribution in [2.75, 3.05) is 5.73 Å². The molecule has 1 atom stereocenters. The molecule has 1 unspecified atom stereocenters. The normalized spacial score (nSPS) is 27.7. The third kappa shape index (κ3) is 2.14. The average molecular weight is 249 g/mol. The largest absolute Gasteiger partial charge is 0.399 e. The van der Waals surface area contributed by atoms with Crippen molar-refractivity contribution in [1.29, 1.82) is 0 Å². The summed E-state index contributed by atoms with van der Waals surface area (Å²) < 4.78 is 26.3. The van der Waals surface area contributed by atoms with E-state index in [0.717, 1.165) is 18.5 Å². The molecule has 0 spiro atoms. The van der Waals surface area contributed by atoms with Crippen molar-refractivity contribution in [3.8, 4) is 0 Å². The number of hydrogen-bond donors (Lipinski definition) is 1. The summed E-state index contributed by atoms with van der Waals surface area (Å²) >= 11 is 0. The Balaban J connectivity index is 1.84. The number of fused-ring (bicyclic) bond motifs is 1. The second-order valence-corrected chi connectivity index (χ2v) is 5.47. The maximum atomic E-state index is 13.2. The molecule has 2 aliphatic carbocycles. The van der Waals surface area contributed by atoms with Gasteiger partial charge in [0.25, 0.3) is 0 Å². The first-order valence-corrected chi connectivity index (χ1v) is 6.51. The molecule has 2 aliphatic rings. The Morgan fingerprint density at radius 3 is 2.83 bits per heavy atom. The summed E-state index contributed by atoms with van der Waals surface area (Å²) in [6.07, 6.45) is 4.68. The maximum absolute atomic E-state index is 13.2. The number of nitrogen functional groups attached to an aromatic ring is 1. The molecule has 18 heavy (non-hydrogen) atoms. The summed E-state index contributed by atoms with van der Waals surface area (Å²) in [5.41, 5.74) is 10.2. The number of anilines is 1. The van der Waals surface area contributed by atoms with Crippen LogP contribution in [0.15, 0.2) is 24.3 Å². The summed E-state index contributed by atoms with van der Waals surface area (Å²) in [5.74, 6) is -2.41. The summed E-state index contributed by atoms with van der Waals surface area (Å²) in [6, 6.07) is 5.91. The maximum Gasteiger partial charge on any atom is 0.248 e. The number of benzene rings is 1. The number of rotatable bonds is 1. The van der Waals surface area contributed by atoms with Crippen LogP contribution in [-0.4, -0.2) is 5.92 Å². The van der Waals surface area contributed by atoms with Gasteiger partial charge in [-0.15, -0.1) is 0 Å². The van der Waals surface area contributed by atoms with E-state index in [1.165, 1.54) is 16.7 Å². The smallest absolute Gasteiger partial charge is 0.248 e. The number of nitrogens with two attached hydrogens (primary N) is 1. The molecule has 0 aromatic heterocycles. The van der Waals surface area contributed by atoms with Crippen molar-refractivity contribution in [2.24, 2.45) is 5.92 Å². The first-order chi connectivity index (χ1) is 8.53. The molecule has 1 aromatic rings.